The highest BCUT2D eigenvalue weighted by molar-refractivity contribution is 5.12. The molecule has 1 atom stereocenters. The molecule has 0 bridgehead atoms. The van der Waals surface area contributed by atoms with Crippen LogP contribution in [-0.2, 0) is 0 Å². The Morgan fingerprint density at radius 1 is 1.56 bits per heavy atom. The lowest BCUT2D eigenvalue weighted by atomic mass is 10.2. The zero-order chi connectivity index (χ0) is 11.7. The van der Waals surface area contributed by atoms with E-state index >= 15 is 0 Å². The topological polar surface area (TPSA) is 75.1 Å². The number of H-pyrrole nitrogens is 1. The summed E-state index contributed by atoms with van der Waals surface area (Å²) < 4.78 is 14.2. The molecule has 0 fully saturated rings. The van der Waals surface area contributed by atoms with Crippen molar-refractivity contribution in [2.24, 2.45) is 0 Å². The Bertz CT molecular complexity index is 544. The van der Waals surface area contributed by atoms with Gasteiger partial charge in [0.25, 0.3) is 5.56 Å². The maximum Gasteiger partial charge on any atom is 0.328 e. The summed E-state index contributed by atoms with van der Waals surface area (Å²) in [7, 11) is 0. The van der Waals surface area contributed by atoms with Gasteiger partial charge in [-0.2, -0.15) is 4.39 Å². The summed E-state index contributed by atoms with van der Waals surface area (Å²) in [6, 6.07) is -0.221. The number of nitrogens with one attached hydrogen (secondary N) is 1. The van der Waals surface area contributed by atoms with Gasteiger partial charge in [-0.05, 0) is 18.4 Å². The fraction of sp³-hybridized carbons (Fsp3) is 0.400. The van der Waals surface area contributed by atoms with E-state index in [1.54, 1.807) is 0 Å². The molecule has 0 saturated heterocycles. The maximum absolute atomic E-state index is 13.0. The molecule has 1 heterocycles. The van der Waals surface area contributed by atoms with E-state index in [4.69, 9.17) is 5.11 Å². The molecule has 0 saturated carbocycles. The monoisotopic (exact) mass is 226 g/mol. The van der Waals surface area contributed by atoms with Crippen molar-refractivity contribution >= 4 is 0 Å². The number of aliphatic hydroxyl groups excluding tert-OH is 1. The number of aliphatic hydroxyl groups is 1. The van der Waals surface area contributed by atoms with E-state index in [9.17, 15) is 14.0 Å². The molecule has 5 nitrogen and oxygen atoms in total. The molecule has 1 aliphatic rings. The minimum atomic E-state index is -1.01. The van der Waals surface area contributed by atoms with E-state index in [2.05, 4.69) is 0 Å². The van der Waals surface area contributed by atoms with E-state index in [0.29, 0.717) is 12.8 Å². The van der Waals surface area contributed by atoms with Gasteiger partial charge in [0.1, 0.15) is 0 Å². The Hall–Kier alpha value is -1.69. The summed E-state index contributed by atoms with van der Waals surface area (Å²) in [5.74, 6) is -0.975. The van der Waals surface area contributed by atoms with Crippen molar-refractivity contribution < 1.29 is 9.50 Å². The summed E-state index contributed by atoms with van der Waals surface area (Å²) in [5, 5.41) is 8.91. The van der Waals surface area contributed by atoms with Crippen LogP contribution in [0.15, 0.2) is 27.4 Å². The van der Waals surface area contributed by atoms with Gasteiger partial charge in [-0.3, -0.25) is 14.3 Å². The van der Waals surface area contributed by atoms with Crippen molar-refractivity contribution in [1.82, 2.24) is 9.55 Å². The smallest absolute Gasteiger partial charge is 0.328 e. The molecule has 2 N–H and O–H groups in total. The predicted octanol–water partition coefficient (Wildman–Crippen LogP) is -0.0707. The molecular weight excluding hydrogens is 215 g/mol. The Morgan fingerprint density at radius 2 is 2.31 bits per heavy atom. The van der Waals surface area contributed by atoms with Crippen molar-refractivity contribution in [3.8, 4) is 0 Å². The van der Waals surface area contributed by atoms with Crippen LogP contribution in [0, 0.1) is 5.82 Å². The standard InChI is InChI=1S/C10H11FN2O3/c11-8-4-13(10(16)12-9(8)15)7-2-1-6(3-7)5-14/h1,4,7,14H,2-3,5H2,(H,12,15,16)/t7-/m0/s1. The van der Waals surface area contributed by atoms with Gasteiger partial charge in [-0.25, -0.2) is 4.79 Å². The van der Waals surface area contributed by atoms with Crippen LogP contribution in [0.3, 0.4) is 0 Å². The van der Waals surface area contributed by atoms with Crippen LogP contribution in [0.25, 0.3) is 0 Å². The number of hydrogen-bond acceptors (Lipinski definition) is 3. The number of rotatable bonds is 2. The molecular formula is C10H11FN2O3. The first-order valence-electron chi connectivity index (χ1n) is 4.91. The van der Waals surface area contributed by atoms with Crippen LogP contribution in [0.4, 0.5) is 4.39 Å². The zero-order valence-corrected chi connectivity index (χ0v) is 8.44. The molecule has 0 unspecified atom stereocenters. The van der Waals surface area contributed by atoms with Gasteiger partial charge in [-0.15, -0.1) is 0 Å². The lowest BCUT2D eigenvalue weighted by molar-refractivity contribution is 0.323. The lowest BCUT2D eigenvalue weighted by Crippen LogP contribution is -2.33. The summed E-state index contributed by atoms with van der Waals surface area (Å²) >= 11 is 0. The van der Waals surface area contributed by atoms with Crippen molar-refractivity contribution in [2.45, 2.75) is 18.9 Å². The number of hydrogen-bond donors (Lipinski definition) is 2. The van der Waals surface area contributed by atoms with Gasteiger partial charge in [0, 0.05) is 6.04 Å². The van der Waals surface area contributed by atoms with Crippen molar-refractivity contribution in [3.63, 3.8) is 0 Å². The van der Waals surface area contributed by atoms with Gasteiger partial charge < -0.3 is 5.11 Å². The molecule has 6 heteroatoms. The van der Waals surface area contributed by atoms with Crippen LogP contribution in [0.1, 0.15) is 18.9 Å². The Labute approximate surface area is 89.9 Å². The van der Waals surface area contributed by atoms with E-state index in [1.165, 1.54) is 0 Å². The van der Waals surface area contributed by atoms with Gasteiger partial charge >= 0.3 is 5.69 Å². The van der Waals surface area contributed by atoms with E-state index in [-0.39, 0.29) is 12.6 Å². The van der Waals surface area contributed by atoms with Crippen molar-refractivity contribution in [1.29, 1.82) is 0 Å². The average molecular weight is 226 g/mol. The Kier molecular flexibility index (Phi) is 2.74. The van der Waals surface area contributed by atoms with Crippen LogP contribution < -0.4 is 11.2 Å². The second-order valence-electron chi connectivity index (χ2n) is 3.76. The Morgan fingerprint density at radius 3 is 2.94 bits per heavy atom. The number of allylic oxidation sites excluding steroid dienone is 1. The molecule has 1 aliphatic carbocycles. The largest absolute Gasteiger partial charge is 0.392 e. The third-order valence-corrected chi connectivity index (χ3v) is 2.70. The van der Waals surface area contributed by atoms with Crippen LogP contribution in [0.2, 0.25) is 0 Å². The van der Waals surface area contributed by atoms with Crippen LogP contribution in [0.5, 0.6) is 0 Å². The average Bonchev–Trinajstić information content (AvgIpc) is 2.71. The fourth-order valence-electron chi connectivity index (χ4n) is 1.85. The highest BCUT2D eigenvalue weighted by atomic mass is 19.1. The molecule has 0 amide bonds. The van der Waals surface area contributed by atoms with E-state index in [0.717, 1.165) is 16.3 Å². The first-order chi connectivity index (χ1) is 7.61. The first-order valence-corrected chi connectivity index (χ1v) is 4.91. The van der Waals surface area contributed by atoms with E-state index in [1.807, 2.05) is 11.1 Å². The minimum Gasteiger partial charge on any atom is -0.392 e. The zero-order valence-electron chi connectivity index (χ0n) is 8.44. The van der Waals surface area contributed by atoms with Crippen LogP contribution in [-0.4, -0.2) is 21.3 Å². The third kappa shape index (κ3) is 1.83. The summed E-state index contributed by atoms with van der Waals surface area (Å²) in [4.78, 5) is 24.2. The molecule has 0 radical (unpaired) electrons. The number of halogens is 1. The van der Waals surface area contributed by atoms with Gasteiger partial charge in [0.15, 0.2) is 0 Å². The Balaban J connectivity index is 2.33. The number of nitrogens with zero attached hydrogens (tertiary/aromatic N) is 1. The quantitative estimate of drug-likeness (QED) is 0.693. The number of aromatic amines is 1. The predicted molar refractivity (Wildman–Crippen MR) is 54.7 cm³/mol. The van der Waals surface area contributed by atoms with Crippen LogP contribution >= 0.6 is 0 Å². The minimum absolute atomic E-state index is 0.0584. The second kappa shape index (κ2) is 4.05. The molecule has 16 heavy (non-hydrogen) atoms. The second-order valence-corrected chi connectivity index (χ2v) is 3.76. The molecule has 0 spiro atoms. The number of aromatic nitrogens is 2. The molecule has 0 aromatic carbocycles. The fourth-order valence-corrected chi connectivity index (χ4v) is 1.85. The SMILES string of the molecule is O=c1[nH]c(=O)n([C@H]2CC=C(CO)C2)cc1F. The molecule has 0 aliphatic heterocycles. The summed E-state index contributed by atoms with van der Waals surface area (Å²) in [6.07, 6.45) is 3.79. The molecule has 86 valence electrons. The first kappa shape index (κ1) is 10.8. The maximum atomic E-state index is 13.0. The van der Waals surface area contributed by atoms with Gasteiger partial charge in [0.05, 0.1) is 12.8 Å². The van der Waals surface area contributed by atoms with E-state index < -0.39 is 17.1 Å². The summed E-state index contributed by atoms with van der Waals surface area (Å²) in [5.41, 5.74) is -0.804. The highest BCUT2D eigenvalue weighted by Crippen LogP contribution is 2.27. The summed E-state index contributed by atoms with van der Waals surface area (Å²) in [6.45, 7) is -0.0584. The van der Waals surface area contributed by atoms with Gasteiger partial charge in [0.2, 0.25) is 5.82 Å². The lowest BCUT2D eigenvalue weighted by Gasteiger charge is -2.13. The van der Waals surface area contributed by atoms with Gasteiger partial charge in [-0.1, -0.05) is 6.08 Å². The third-order valence-electron chi connectivity index (χ3n) is 2.70. The molecule has 1 aromatic rings. The molecule has 2 rings (SSSR count). The molecule has 1 aromatic heterocycles. The highest BCUT2D eigenvalue weighted by Gasteiger charge is 2.20. The van der Waals surface area contributed by atoms with Crippen molar-refractivity contribution in [3.05, 3.63) is 44.5 Å². The van der Waals surface area contributed by atoms with Crippen molar-refractivity contribution in [2.75, 3.05) is 6.61 Å². The normalized spacial score (nSPS) is 19.9.